The highest BCUT2D eigenvalue weighted by Gasteiger charge is 2.34. The molecule has 2 aromatic rings. The summed E-state index contributed by atoms with van der Waals surface area (Å²) in [4.78, 5) is 13.0. The Morgan fingerprint density at radius 2 is 2.00 bits per heavy atom. The predicted molar refractivity (Wildman–Crippen MR) is 124 cm³/mol. The van der Waals surface area contributed by atoms with Crippen LogP contribution in [0.3, 0.4) is 0 Å². The number of amides is 1. The van der Waals surface area contributed by atoms with E-state index in [2.05, 4.69) is 25.2 Å². The van der Waals surface area contributed by atoms with Crippen LogP contribution in [0.4, 0.5) is 0 Å². The number of hydrogen-bond acceptors (Lipinski definition) is 5. The van der Waals surface area contributed by atoms with Gasteiger partial charge in [-0.3, -0.25) is 4.79 Å². The first-order valence-electron chi connectivity index (χ1n) is 10.7. The van der Waals surface area contributed by atoms with E-state index in [1.807, 2.05) is 19.9 Å². The van der Waals surface area contributed by atoms with E-state index in [-0.39, 0.29) is 24.4 Å². The monoisotopic (exact) mass is 464 g/mol. The Bertz CT molecular complexity index is 1020. The Morgan fingerprint density at radius 3 is 2.61 bits per heavy atom. The summed E-state index contributed by atoms with van der Waals surface area (Å²) >= 11 is 1.21. The van der Waals surface area contributed by atoms with Gasteiger partial charge in [0.25, 0.3) is 10.0 Å². The van der Waals surface area contributed by atoms with Gasteiger partial charge in [0.2, 0.25) is 5.91 Å². The van der Waals surface area contributed by atoms with E-state index in [4.69, 9.17) is 4.74 Å². The van der Waals surface area contributed by atoms with E-state index >= 15 is 0 Å². The normalized spacial score (nSPS) is 18.7. The summed E-state index contributed by atoms with van der Waals surface area (Å²) in [5.74, 6) is 0.706. The molecule has 0 bridgehead atoms. The third-order valence-corrected chi connectivity index (χ3v) is 9.15. The summed E-state index contributed by atoms with van der Waals surface area (Å²) in [5, 5.41) is 4.87. The number of carbonyl (C=O) groups is 1. The quantitative estimate of drug-likeness (QED) is 0.656. The highest BCUT2D eigenvalue weighted by atomic mass is 32.2. The van der Waals surface area contributed by atoms with Gasteiger partial charge in [0.05, 0.1) is 19.1 Å². The van der Waals surface area contributed by atoms with Gasteiger partial charge < -0.3 is 10.1 Å². The van der Waals surface area contributed by atoms with Crippen LogP contribution in [0.5, 0.6) is 5.75 Å². The number of hydrogen-bond donors (Lipinski definition) is 1. The topological polar surface area (TPSA) is 75.7 Å². The van der Waals surface area contributed by atoms with Crippen LogP contribution in [0.2, 0.25) is 0 Å². The van der Waals surface area contributed by atoms with Gasteiger partial charge in [-0.25, -0.2) is 8.42 Å². The predicted octanol–water partition coefficient (Wildman–Crippen LogP) is 4.47. The number of nitrogens with zero attached hydrogens (tertiary/aromatic N) is 1. The molecule has 1 amide bonds. The summed E-state index contributed by atoms with van der Waals surface area (Å²) in [6, 6.07) is 7.29. The first-order chi connectivity index (χ1) is 14.6. The van der Waals surface area contributed by atoms with Gasteiger partial charge in [-0.15, -0.1) is 11.3 Å². The average molecular weight is 465 g/mol. The van der Waals surface area contributed by atoms with E-state index in [0.717, 1.165) is 22.4 Å². The number of rotatable bonds is 7. The molecular weight excluding hydrogens is 432 g/mol. The van der Waals surface area contributed by atoms with Crippen molar-refractivity contribution in [3.05, 3.63) is 46.3 Å². The largest absolute Gasteiger partial charge is 0.496 e. The molecular formula is C23H32N2O4S2. The number of aryl methyl sites for hydroxylation is 1. The maximum absolute atomic E-state index is 13.0. The van der Waals surface area contributed by atoms with Crippen LogP contribution in [0.15, 0.2) is 33.9 Å². The molecule has 1 aliphatic rings. The molecule has 8 heteroatoms. The number of carbonyl (C=O) groups excluding carboxylic acids is 1. The highest BCUT2D eigenvalue weighted by molar-refractivity contribution is 7.91. The molecule has 0 radical (unpaired) electrons. The molecule has 0 saturated carbocycles. The summed E-state index contributed by atoms with van der Waals surface area (Å²) in [5.41, 5.74) is 3.21. The van der Waals surface area contributed by atoms with Crippen LogP contribution < -0.4 is 10.1 Å². The molecule has 2 atom stereocenters. The van der Waals surface area contributed by atoms with Crippen molar-refractivity contribution >= 4 is 27.3 Å². The minimum absolute atomic E-state index is 0.0973. The Labute approximate surface area is 189 Å². The number of ether oxygens (including phenoxy) is 1. The highest BCUT2D eigenvalue weighted by Crippen LogP contribution is 2.32. The Morgan fingerprint density at radius 1 is 1.26 bits per heavy atom. The molecule has 0 spiro atoms. The van der Waals surface area contributed by atoms with Gasteiger partial charge in [-0.2, -0.15) is 4.31 Å². The lowest BCUT2D eigenvalue weighted by atomic mass is 9.92. The second kappa shape index (κ2) is 9.71. The third-order valence-electron chi connectivity index (χ3n) is 5.91. The van der Waals surface area contributed by atoms with Crippen molar-refractivity contribution < 1.29 is 17.9 Å². The summed E-state index contributed by atoms with van der Waals surface area (Å²) < 4.78 is 33.0. The average Bonchev–Trinajstić information content (AvgIpc) is 3.29. The zero-order chi connectivity index (χ0) is 22.8. The molecule has 0 aliphatic carbocycles. The molecule has 31 heavy (non-hydrogen) atoms. The summed E-state index contributed by atoms with van der Waals surface area (Å²) in [6.07, 6.45) is 1.37. The van der Waals surface area contributed by atoms with E-state index in [1.54, 1.807) is 24.6 Å². The Balaban J connectivity index is 1.73. The fraction of sp³-hybridized carbons (Fsp3) is 0.522. The number of nitrogens with one attached hydrogen (secondary N) is 1. The van der Waals surface area contributed by atoms with Crippen LogP contribution in [0.25, 0.3) is 0 Å². The Kier molecular flexibility index (Phi) is 7.44. The van der Waals surface area contributed by atoms with Crippen LogP contribution in [0.1, 0.15) is 62.3 Å². The number of thiophene rings is 1. The van der Waals surface area contributed by atoms with Gasteiger partial charge >= 0.3 is 0 Å². The van der Waals surface area contributed by atoms with E-state index < -0.39 is 10.0 Å². The molecule has 1 saturated heterocycles. The molecule has 170 valence electrons. The van der Waals surface area contributed by atoms with Crippen LogP contribution in [0, 0.1) is 12.8 Å². The fourth-order valence-electron chi connectivity index (χ4n) is 4.13. The zero-order valence-electron chi connectivity index (χ0n) is 18.8. The molecule has 1 aliphatic heterocycles. The molecule has 1 fully saturated rings. The minimum atomic E-state index is -3.54. The van der Waals surface area contributed by atoms with Crippen LogP contribution in [-0.4, -0.2) is 38.8 Å². The maximum atomic E-state index is 13.0. The Hall–Kier alpha value is -1.90. The molecule has 1 aromatic heterocycles. The lowest BCUT2D eigenvalue weighted by Gasteiger charge is -2.31. The van der Waals surface area contributed by atoms with Crippen molar-refractivity contribution in [3.8, 4) is 5.75 Å². The van der Waals surface area contributed by atoms with Gasteiger partial charge in [-0.1, -0.05) is 19.9 Å². The van der Waals surface area contributed by atoms with Gasteiger partial charge in [0.15, 0.2) is 0 Å². The summed E-state index contributed by atoms with van der Waals surface area (Å²) in [6.45, 7) is 8.89. The molecule has 2 heterocycles. The number of piperidine rings is 1. The standard InChI is InChI=1S/C23H32N2O4S2/c1-15(2)19-13-20(16(3)12-21(19)29-5)17(4)24-23(26)18-8-6-10-25(14-18)31(27,28)22-9-7-11-30-22/h7,9,11-13,15,17-18H,6,8,10,14H2,1-5H3,(H,24,26)/t17-,18-/m1/s1. The van der Waals surface area contributed by atoms with E-state index in [9.17, 15) is 13.2 Å². The smallest absolute Gasteiger partial charge is 0.252 e. The van der Waals surface area contributed by atoms with Gasteiger partial charge in [0, 0.05) is 13.1 Å². The van der Waals surface area contributed by atoms with Crippen molar-refractivity contribution in [3.63, 3.8) is 0 Å². The van der Waals surface area contributed by atoms with Crippen molar-refractivity contribution in [1.82, 2.24) is 9.62 Å². The maximum Gasteiger partial charge on any atom is 0.252 e. The van der Waals surface area contributed by atoms with Crippen molar-refractivity contribution in [2.24, 2.45) is 5.92 Å². The summed E-state index contributed by atoms with van der Waals surface area (Å²) in [7, 11) is -1.87. The van der Waals surface area contributed by atoms with Gasteiger partial charge in [-0.05, 0) is 72.9 Å². The first kappa shape index (κ1) is 23.8. The second-order valence-corrected chi connectivity index (χ2v) is 11.6. The van der Waals surface area contributed by atoms with E-state index in [1.165, 1.54) is 15.6 Å². The van der Waals surface area contributed by atoms with Crippen LogP contribution >= 0.6 is 11.3 Å². The fourth-order valence-corrected chi connectivity index (χ4v) is 6.80. The van der Waals surface area contributed by atoms with Crippen molar-refractivity contribution in [1.29, 1.82) is 0 Å². The first-order valence-corrected chi connectivity index (χ1v) is 13.0. The molecule has 1 aromatic carbocycles. The van der Waals surface area contributed by atoms with Crippen molar-refractivity contribution in [2.75, 3.05) is 20.2 Å². The number of benzene rings is 1. The van der Waals surface area contributed by atoms with Crippen LogP contribution in [-0.2, 0) is 14.8 Å². The lowest BCUT2D eigenvalue weighted by molar-refractivity contribution is -0.126. The third kappa shape index (κ3) is 5.13. The molecule has 1 N–H and O–H groups in total. The zero-order valence-corrected chi connectivity index (χ0v) is 20.5. The molecule has 3 rings (SSSR count). The van der Waals surface area contributed by atoms with Gasteiger partial charge in [0.1, 0.15) is 9.96 Å². The SMILES string of the molecule is COc1cc(C)c([C@@H](C)NC(=O)[C@@H]2CCCN(S(=O)(=O)c3cccs3)C2)cc1C(C)C. The lowest BCUT2D eigenvalue weighted by Crippen LogP contribution is -2.45. The van der Waals surface area contributed by atoms with Crippen molar-refractivity contribution in [2.45, 2.75) is 56.7 Å². The second-order valence-electron chi connectivity index (χ2n) is 8.47. The molecule has 0 unspecified atom stereocenters. The number of methoxy groups -OCH3 is 1. The van der Waals surface area contributed by atoms with E-state index in [0.29, 0.717) is 29.5 Å². The molecule has 6 nitrogen and oxygen atoms in total. The minimum Gasteiger partial charge on any atom is -0.496 e. The number of sulfonamides is 1.